The molecule has 19 heteroatoms. The van der Waals surface area contributed by atoms with Crippen LogP contribution in [0.2, 0.25) is 0 Å². The van der Waals surface area contributed by atoms with Crippen molar-refractivity contribution in [2.75, 3.05) is 26.4 Å². The van der Waals surface area contributed by atoms with Gasteiger partial charge >= 0.3 is 0 Å². The van der Waals surface area contributed by atoms with Crippen molar-refractivity contribution in [3.63, 3.8) is 0 Å². The number of rotatable bonds is 43. The SMILES string of the molecule is CC/C=C\C/C=C\C/C=C\C/C=C\CCCCCCC(=O)NC(COC1OC(CO)C(OC2OC(CO)C(OC3OC(CO)C(O)C(O)C3O)C(O)C2O)C(O)C1O)C(O)CCCCCCCCCCCCCCCCCC. The van der Waals surface area contributed by atoms with Gasteiger partial charge in [-0.15, -0.1) is 0 Å². The number of nitrogens with one attached hydrogen (secondary N) is 1. The highest BCUT2D eigenvalue weighted by atomic mass is 16.8. The van der Waals surface area contributed by atoms with Crippen molar-refractivity contribution in [3.05, 3.63) is 48.6 Å². The summed E-state index contributed by atoms with van der Waals surface area (Å²) in [7, 11) is 0. The van der Waals surface area contributed by atoms with E-state index in [0.717, 1.165) is 77.0 Å². The Morgan fingerprint density at radius 3 is 1.38 bits per heavy atom. The van der Waals surface area contributed by atoms with Crippen LogP contribution in [0.25, 0.3) is 0 Å². The van der Waals surface area contributed by atoms with E-state index in [9.17, 15) is 61.0 Å². The molecule has 0 aromatic carbocycles. The molecule has 454 valence electrons. The van der Waals surface area contributed by atoms with E-state index in [1.54, 1.807) is 0 Å². The van der Waals surface area contributed by atoms with Crippen molar-refractivity contribution in [1.29, 1.82) is 0 Å². The van der Waals surface area contributed by atoms with Crippen LogP contribution in [0.4, 0.5) is 0 Å². The fourth-order valence-corrected chi connectivity index (χ4v) is 10.0. The summed E-state index contributed by atoms with van der Waals surface area (Å²) in [4.78, 5) is 13.3. The molecular formula is C59H105NO18. The molecule has 0 aromatic rings. The number of aliphatic hydroxyl groups excluding tert-OH is 11. The summed E-state index contributed by atoms with van der Waals surface area (Å²) in [6.07, 6.45) is 19.0. The first-order valence-electron chi connectivity index (χ1n) is 29.9. The lowest BCUT2D eigenvalue weighted by Crippen LogP contribution is -2.66. The van der Waals surface area contributed by atoms with Crippen molar-refractivity contribution in [3.8, 4) is 0 Å². The Morgan fingerprint density at radius 2 is 0.885 bits per heavy atom. The number of hydrogen-bond acceptors (Lipinski definition) is 18. The topological polar surface area (TPSA) is 307 Å². The minimum Gasteiger partial charge on any atom is -0.394 e. The Morgan fingerprint density at radius 1 is 0.474 bits per heavy atom. The molecule has 3 aliphatic heterocycles. The number of carbonyl (C=O) groups excluding carboxylic acids is 1. The summed E-state index contributed by atoms with van der Waals surface area (Å²) in [6, 6.07) is -0.901. The minimum absolute atomic E-state index is 0.237. The van der Waals surface area contributed by atoms with Crippen molar-refractivity contribution >= 4 is 5.91 Å². The first-order chi connectivity index (χ1) is 37.8. The van der Waals surface area contributed by atoms with E-state index in [4.69, 9.17) is 28.4 Å². The lowest BCUT2D eigenvalue weighted by molar-refractivity contribution is -0.379. The number of amides is 1. The standard InChI is InChI=1S/C59H105NO18/c1-3-5-7-9-11-13-15-17-19-21-23-25-27-29-31-33-35-37-47(65)60-42(43(64)36-34-32-30-28-26-24-22-20-18-16-14-12-10-8-6-4-2)41-73-57-53(71)50(68)55(45(39-62)75-57)78-59-54(72)51(69)56(46(40-63)76-59)77-58-52(70)49(67)48(66)44(38-61)74-58/h5,7,11,13,17,19,23,25,42-46,48-59,61-64,66-72H,3-4,6,8-10,12,14-16,18,20-22,24,26-41H2,1-2H3,(H,60,65)/b7-5-,13-11-,19-17-,25-23-. The Hall–Kier alpha value is -2.25. The predicted molar refractivity (Wildman–Crippen MR) is 295 cm³/mol. The van der Waals surface area contributed by atoms with Gasteiger partial charge in [0.1, 0.15) is 73.2 Å². The van der Waals surface area contributed by atoms with Crippen LogP contribution in [-0.4, -0.2) is 193 Å². The van der Waals surface area contributed by atoms with Gasteiger partial charge < -0.3 is 89.9 Å². The fourth-order valence-electron chi connectivity index (χ4n) is 10.0. The molecule has 0 saturated carbocycles. The number of hydrogen-bond donors (Lipinski definition) is 12. The molecule has 1 amide bonds. The van der Waals surface area contributed by atoms with Crippen molar-refractivity contribution in [2.24, 2.45) is 0 Å². The summed E-state index contributed by atoms with van der Waals surface area (Å²) in [5.41, 5.74) is 0. The monoisotopic (exact) mass is 1120 g/mol. The minimum atomic E-state index is -1.98. The van der Waals surface area contributed by atoms with Crippen LogP contribution in [-0.2, 0) is 33.2 Å². The Labute approximate surface area is 465 Å². The second-order valence-corrected chi connectivity index (χ2v) is 21.4. The van der Waals surface area contributed by atoms with Crippen LogP contribution in [0.15, 0.2) is 48.6 Å². The highest BCUT2D eigenvalue weighted by Gasteiger charge is 2.53. The molecule has 0 spiro atoms. The van der Waals surface area contributed by atoms with Crippen LogP contribution in [0.3, 0.4) is 0 Å². The molecule has 0 radical (unpaired) electrons. The number of allylic oxidation sites excluding steroid dienone is 8. The summed E-state index contributed by atoms with van der Waals surface area (Å²) in [6.45, 7) is 1.64. The normalized spacial score (nSPS) is 30.8. The largest absolute Gasteiger partial charge is 0.394 e. The lowest BCUT2D eigenvalue weighted by atomic mass is 9.96. The summed E-state index contributed by atoms with van der Waals surface area (Å²) in [5, 5.41) is 120. The van der Waals surface area contributed by atoms with Gasteiger partial charge in [-0.2, -0.15) is 0 Å². The second kappa shape index (κ2) is 42.6. The second-order valence-electron chi connectivity index (χ2n) is 21.4. The van der Waals surface area contributed by atoms with Crippen molar-refractivity contribution < 1.29 is 89.4 Å². The molecule has 19 nitrogen and oxygen atoms in total. The maximum absolute atomic E-state index is 13.3. The van der Waals surface area contributed by atoms with E-state index in [-0.39, 0.29) is 18.9 Å². The number of carbonyl (C=O) groups is 1. The third-order valence-corrected chi connectivity index (χ3v) is 14.9. The van der Waals surface area contributed by atoms with Crippen molar-refractivity contribution in [1.82, 2.24) is 5.32 Å². The average Bonchev–Trinajstić information content (AvgIpc) is 3.45. The zero-order valence-electron chi connectivity index (χ0n) is 47.1. The van der Waals surface area contributed by atoms with Crippen LogP contribution >= 0.6 is 0 Å². The quantitative estimate of drug-likeness (QED) is 0.0279. The Kier molecular flexibility index (Phi) is 38.2. The molecular weight excluding hydrogens is 1010 g/mol. The first-order valence-corrected chi connectivity index (χ1v) is 29.9. The zero-order valence-corrected chi connectivity index (χ0v) is 47.1. The van der Waals surface area contributed by atoms with Gasteiger partial charge in [-0.3, -0.25) is 4.79 Å². The molecule has 0 aromatic heterocycles. The van der Waals surface area contributed by atoms with Crippen LogP contribution in [0.5, 0.6) is 0 Å². The summed E-state index contributed by atoms with van der Waals surface area (Å²) < 4.78 is 34.3. The van der Waals surface area contributed by atoms with Gasteiger partial charge in [0, 0.05) is 6.42 Å². The van der Waals surface area contributed by atoms with E-state index < -0.39 is 124 Å². The first kappa shape index (κ1) is 70.0. The van der Waals surface area contributed by atoms with Gasteiger partial charge in [0.25, 0.3) is 0 Å². The maximum atomic E-state index is 13.3. The predicted octanol–water partition coefficient (Wildman–Crippen LogP) is 5.09. The molecule has 3 rings (SSSR count). The van der Waals surface area contributed by atoms with Gasteiger partial charge in [-0.1, -0.05) is 178 Å². The molecule has 3 fully saturated rings. The molecule has 0 bridgehead atoms. The third kappa shape index (κ3) is 26.3. The number of ether oxygens (including phenoxy) is 6. The van der Waals surface area contributed by atoms with Gasteiger partial charge in [0.2, 0.25) is 5.91 Å². The summed E-state index contributed by atoms with van der Waals surface area (Å²) >= 11 is 0. The summed E-state index contributed by atoms with van der Waals surface area (Å²) in [5.74, 6) is -0.268. The van der Waals surface area contributed by atoms with Gasteiger partial charge in [-0.05, 0) is 51.4 Å². The lowest BCUT2D eigenvalue weighted by Gasteiger charge is -2.48. The van der Waals surface area contributed by atoms with Crippen molar-refractivity contribution in [2.45, 2.75) is 291 Å². The number of aliphatic hydroxyl groups is 11. The highest BCUT2D eigenvalue weighted by molar-refractivity contribution is 5.76. The van der Waals surface area contributed by atoms with Gasteiger partial charge in [0.05, 0.1) is 38.6 Å². The van der Waals surface area contributed by atoms with E-state index in [1.807, 2.05) is 0 Å². The van der Waals surface area contributed by atoms with E-state index in [1.165, 1.54) is 77.0 Å². The average molecular weight is 1120 g/mol. The van der Waals surface area contributed by atoms with E-state index in [0.29, 0.717) is 12.8 Å². The van der Waals surface area contributed by atoms with E-state index in [2.05, 4.69) is 67.8 Å². The molecule has 0 aliphatic carbocycles. The highest BCUT2D eigenvalue weighted by Crippen LogP contribution is 2.33. The Balaban J connectivity index is 1.51. The fraction of sp³-hybridized carbons (Fsp3) is 0.847. The zero-order chi connectivity index (χ0) is 56.9. The third-order valence-electron chi connectivity index (χ3n) is 14.9. The number of unbranched alkanes of at least 4 members (excludes halogenated alkanes) is 19. The van der Waals surface area contributed by atoms with Crippen LogP contribution in [0, 0.1) is 0 Å². The smallest absolute Gasteiger partial charge is 0.220 e. The molecule has 3 heterocycles. The molecule has 78 heavy (non-hydrogen) atoms. The van der Waals surface area contributed by atoms with Gasteiger partial charge in [-0.25, -0.2) is 0 Å². The van der Waals surface area contributed by atoms with Crippen LogP contribution in [0.1, 0.15) is 187 Å². The molecule has 3 saturated heterocycles. The van der Waals surface area contributed by atoms with E-state index >= 15 is 0 Å². The molecule has 3 aliphatic rings. The molecule has 17 atom stereocenters. The Bertz CT molecular complexity index is 1620. The van der Waals surface area contributed by atoms with Crippen LogP contribution < -0.4 is 5.32 Å². The van der Waals surface area contributed by atoms with Gasteiger partial charge in [0.15, 0.2) is 18.9 Å². The molecule has 12 N–H and O–H groups in total. The molecule has 17 unspecified atom stereocenters. The maximum Gasteiger partial charge on any atom is 0.220 e.